The number of benzene rings is 1. The minimum Gasteiger partial charge on any atom is -0.350 e. The Kier molecular flexibility index (Phi) is 4.13. The fourth-order valence-electron chi connectivity index (χ4n) is 2.44. The molecule has 21 heavy (non-hydrogen) atoms. The zero-order valence-electron chi connectivity index (χ0n) is 12.8. The lowest BCUT2D eigenvalue weighted by atomic mass is 10.1. The molecule has 0 bridgehead atoms. The highest BCUT2D eigenvalue weighted by Crippen LogP contribution is 2.33. The summed E-state index contributed by atoms with van der Waals surface area (Å²) in [6.07, 6.45) is 0. The first-order valence-electron chi connectivity index (χ1n) is 7.00. The second-order valence-electron chi connectivity index (χ2n) is 6.50. The Morgan fingerprint density at radius 1 is 1.29 bits per heavy atom. The van der Waals surface area contributed by atoms with Gasteiger partial charge in [0.15, 0.2) is 9.84 Å². The Bertz CT molecular complexity index is 647. The highest BCUT2D eigenvalue weighted by Gasteiger charge is 2.35. The van der Waals surface area contributed by atoms with Crippen LogP contribution in [0.5, 0.6) is 0 Å². The van der Waals surface area contributed by atoms with E-state index in [0.29, 0.717) is 4.90 Å². The summed E-state index contributed by atoms with van der Waals surface area (Å²) in [7, 11) is -3.26. The summed E-state index contributed by atoms with van der Waals surface area (Å²) in [5, 5.41) is 6.01. The molecule has 1 aromatic rings. The Labute approximate surface area is 126 Å². The van der Waals surface area contributed by atoms with Crippen molar-refractivity contribution in [1.29, 1.82) is 0 Å². The Morgan fingerprint density at radius 3 is 2.52 bits per heavy atom. The number of hydrogen-bond acceptors (Lipinski definition) is 4. The second kappa shape index (κ2) is 5.42. The highest BCUT2D eigenvalue weighted by atomic mass is 32.2. The van der Waals surface area contributed by atoms with Crippen molar-refractivity contribution in [3.63, 3.8) is 0 Å². The van der Waals surface area contributed by atoms with Crippen LogP contribution in [-0.4, -0.2) is 31.7 Å². The van der Waals surface area contributed by atoms with Crippen LogP contribution >= 0.6 is 0 Å². The summed E-state index contributed by atoms with van der Waals surface area (Å²) in [5.74, 6) is -0.135. The number of carbonyl (C=O) groups is 1. The van der Waals surface area contributed by atoms with E-state index in [-0.39, 0.29) is 23.2 Å². The van der Waals surface area contributed by atoms with Gasteiger partial charge in [0, 0.05) is 11.6 Å². The molecule has 116 valence electrons. The van der Waals surface area contributed by atoms with Gasteiger partial charge in [0.1, 0.15) is 0 Å². The Morgan fingerprint density at radius 2 is 1.90 bits per heavy atom. The predicted molar refractivity (Wildman–Crippen MR) is 81.7 cm³/mol. The molecule has 2 atom stereocenters. The van der Waals surface area contributed by atoms with Crippen LogP contribution in [0, 0.1) is 0 Å². The lowest BCUT2D eigenvalue weighted by molar-refractivity contribution is -0.124. The number of fused-ring (bicyclic) bond motifs is 1. The summed E-state index contributed by atoms with van der Waals surface area (Å²) in [4.78, 5) is 12.5. The third-order valence-corrected chi connectivity index (χ3v) is 5.17. The van der Waals surface area contributed by atoms with Gasteiger partial charge < -0.3 is 5.32 Å². The molecule has 1 aliphatic heterocycles. The lowest BCUT2D eigenvalue weighted by Crippen LogP contribution is -2.50. The predicted octanol–water partition coefficient (Wildman–Crippen LogP) is 1.41. The van der Waals surface area contributed by atoms with Gasteiger partial charge in [-0.2, -0.15) is 0 Å². The number of rotatable bonds is 3. The van der Waals surface area contributed by atoms with Gasteiger partial charge in [-0.15, -0.1) is 0 Å². The first kappa shape index (κ1) is 16.0. The Balaban J connectivity index is 2.13. The zero-order valence-corrected chi connectivity index (χ0v) is 13.6. The number of hydrogen-bond donors (Lipinski definition) is 2. The van der Waals surface area contributed by atoms with Crippen LogP contribution in [0.4, 0.5) is 0 Å². The van der Waals surface area contributed by atoms with Crippen molar-refractivity contribution in [3.8, 4) is 0 Å². The van der Waals surface area contributed by atoms with Gasteiger partial charge in [-0.1, -0.05) is 18.2 Å². The highest BCUT2D eigenvalue weighted by molar-refractivity contribution is 7.91. The first-order chi connectivity index (χ1) is 9.60. The molecule has 2 rings (SSSR count). The fraction of sp³-hybridized carbons (Fsp3) is 0.533. The van der Waals surface area contributed by atoms with E-state index < -0.39 is 15.9 Å². The topological polar surface area (TPSA) is 75.3 Å². The van der Waals surface area contributed by atoms with Gasteiger partial charge in [0.05, 0.1) is 16.7 Å². The van der Waals surface area contributed by atoms with E-state index in [0.717, 1.165) is 5.56 Å². The smallest absolute Gasteiger partial charge is 0.237 e. The molecule has 0 spiro atoms. The average molecular weight is 310 g/mol. The summed E-state index contributed by atoms with van der Waals surface area (Å²) >= 11 is 0. The van der Waals surface area contributed by atoms with Crippen molar-refractivity contribution in [2.24, 2.45) is 0 Å². The van der Waals surface area contributed by atoms with E-state index in [4.69, 9.17) is 0 Å². The molecule has 0 fully saturated rings. The number of amides is 1. The normalized spacial score (nSPS) is 21.6. The summed E-state index contributed by atoms with van der Waals surface area (Å²) in [5.41, 5.74) is 0.431. The summed E-state index contributed by atoms with van der Waals surface area (Å²) in [6, 6.07) is 6.14. The SMILES string of the molecule is CC(NC1CS(=O)(=O)c2ccccc21)C(=O)NC(C)(C)C. The van der Waals surface area contributed by atoms with Crippen molar-refractivity contribution in [2.45, 2.75) is 50.2 Å². The van der Waals surface area contributed by atoms with Gasteiger partial charge >= 0.3 is 0 Å². The zero-order chi connectivity index (χ0) is 15.8. The molecule has 2 N–H and O–H groups in total. The van der Waals surface area contributed by atoms with Gasteiger partial charge in [-0.05, 0) is 39.3 Å². The van der Waals surface area contributed by atoms with Crippen molar-refractivity contribution in [1.82, 2.24) is 10.6 Å². The summed E-state index contributed by atoms with van der Waals surface area (Å²) in [6.45, 7) is 7.47. The van der Waals surface area contributed by atoms with E-state index in [2.05, 4.69) is 10.6 Å². The Hall–Kier alpha value is -1.40. The fourth-order valence-corrected chi connectivity index (χ4v) is 4.19. The third kappa shape index (κ3) is 3.63. The van der Waals surface area contributed by atoms with Gasteiger partial charge in [0.2, 0.25) is 5.91 Å². The number of sulfone groups is 1. The van der Waals surface area contributed by atoms with Crippen LogP contribution in [-0.2, 0) is 14.6 Å². The van der Waals surface area contributed by atoms with E-state index in [1.807, 2.05) is 26.8 Å². The van der Waals surface area contributed by atoms with Gasteiger partial charge in [0.25, 0.3) is 0 Å². The summed E-state index contributed by atoms with van der Waals surface area (Å²) < 4.78 is 24.2. The molecule has 1 aromatic carbocycles. The van der Waals surface area contributed by atoms with Crippen molar-refractivity contribution in [3.05, 3.63) is 29.8 Å². The maximum Gasteiger partial charge on any atom is 0.237 e. The maximum absolute atomic E-state index is 12.1. The van der Waals surface area contributed by atoms with Crippen LogP contribution in [0.25, 0.3) is 0 Å². The van der Waals surface area contributed by atoms with E-state index in [1.165, 1.54) is 0 Å². The minimum atomic E-state index is -3.26. The van der Waals surface area contributed by atoms with Gasteiger partial charge in [-0.25, -0.2) is 8.42 Å². The third-order valence-electron chi connectivity index (χ3n) is 3.36. The molecule has 1 amide bonds. The molecule has 0 aliphatic carbocycles. The first-order valence-corrected chi connectivity index (χ1v) is 8.65. The maximum atomic E-state index is 12.1. The number of nitrogens with one attached hydrogen (secondary N) is 2. The standard InChI is InChI=1S/C15H22N2O3S/c1-10(14(18)17-15(2,3)4)16-12-9-21(19,20)13-8-6-5-7-11(12)13/h5-8,10,12,16H,9H2,1-4H3,(H,17,18). The van der Waals surface area contributed by atoms with Crippen LogP contribution in [0.3, 0.4) is 0 Å². The van der Waals surface area contributed by atoms with E-state index in [1.54, 1.807) is 25.1 Å². The van der Waals surface area contributed by atoms with Crippen molar-refractivity contribution in [2.75, 3.05) is 5.75 Å². The molecule has 1 aliphatic rings. The van der Waals surface area contributed by atoms with Crippen LogP contribution in [0.2, 0.25) is 0 Å². The molecular weight excluding hydrogens is 288 g/mol. The molecule has 2 unspecified atom stereocenters. The lowest BCUT2D eigenvalue weighted by Gasteiger charge is -2.25. The van der Waals surface area contributed by atoms with Crippen molar-refractivity contribution < 1.29 is 13.2 Å². The largest absolute Gasteiger partial charge is 0.350 e. The second-order valence-corrected chi connectivity index (χ2v) is 8.50. The van der Waals surface area contributed by atoms with Crippen LogP contribution < -0.4 is 10.6 Å². The molecule has 6 heteroatoms. The number of carbonyl (C=O) groups excluding carboxylic acids is 1. The molecular formula is C15H22N2O3S. The molecule has 0 aromatic heterocycles. The van der Waals surface area contributed by atoms with Gasteiger partial charge in [-0.3, -0.25) is 10.1 Å². The minimum absolute atomic E-state index is 0.000511. The molecule has 0 radical (unpaired) electrons. The molecule has 1 heterocycles. The van der Waals surface area contributed by atoms with Crippen LogP contribution in [0.15, 0.2) is 29.2 Å². The quantitative estimate of drug-likeness (QED) is 0.885. The average Bonchev–Trinajstić information content (AvgIpc) is 2.60. The van der Waals surface area contributed by atoms with Crippen LogP contribution in [0.1, 0.15) is 39.3 Å². The monoisotopic (exact) mass is 310 g/mol. The molecule has 0 saturated heterocycles. The van der Waals surface area contributed by atoms with E-state index >= 15 is 0 Å². The molecule has 5 nitrogen and oxygen atoms in total. The van der Waals surface area contributed by atoms with Crippen molar-refractivity contribution >= 4 is 15.7 Å². The van der Waals surface area contributed by atoms with E-state index in [9.17, 15) is 13.2 Å². The molecule has 0 saturated carbocycles.